The Hall–Kier alpha value is -0.390. The molecule has 5 heteroatoms. The summed E-state index contributed by atoms with van der Waals surface area (Å²) in [6.45, 7) is 2.26. The zero-order chi connectivity index (χ0) is 19.5. The summed E-state index contributed by atoms with van der Waals surface area (Å²) < 4.78 is 33.3. The van der Waals surface area contributed by atoms with Crippen molar-refractivity contribution in [1.29, 1.82) is 0 Å². The van der Waals surface area contributed by atoms with E-state index in [1.165, 1.54) is 88.3 Å². The molecule has 2 rings (SSSR count). The molecule has 0 fully saturated rings. The largest absolute Gasteiger partial charge is 1.00 e. The SMILES string of the molecule is CCCCCCCCCCCCCc1ccc2cc(S(=O)(=O)[O-])ccc2c1.[Na+]. The predicted molar refractivity (Wildman–Crippen MR) is 112 cm³/mol. The summed E-state index contributed by atoms with van der Waals surface area (Å²) in [6, 6.07) is 10.6. The summed E-state index contributed by atoms with van der Waals surface area (Å²) in [6.07, 6.45) is 15.8. The topological polar surface area (TPSA) is 57.2 Å². The first-order chi connectivity index (χ1) is 13.0. The van der Waals surface area contributed by atoms with Crippen LogP contribution in [0.5, 0.6) is 0 Å². The third kappa shape index (κ3) is 9.41. The van der Waals surface area contributed by atoms with Crippen molar-refractivity contribution in [3.63, 3.8) is 0 Å². The van der Waals surface area contributed by atoms with Crippen LogP contribution < -0.4 is 29.6 Å². The predicted octanol–water partition coefficient (Wildman–Crippen LogP) is 3.60. The summed E-state index contributed by atoms with van der Waals surface area (Å²) in [5, 5.41) is 1.79. The normalized spacial score (nSPS) is 11.5. The van der Waals surface area contributed by atoms with Gasteiger partial charge in [-0.1, -0.05) is 95.4 Å². The molecule has 0 amide bonds. The first kappa shape index (κ1) is 25.6. The van der Waals surface area contributed by atoms with Gasteiger partial charge in [0.1, 0.15) is 10.1 Å². The Morgan fingerprint density at radius 2 is 1.21 bits per heavy atom. The molecule has 2 aromatic carbocycles. The van der Waals surface area contributed by atoms with Crippen molar-refractivity contribution in [2.24, 2.45) is 0 Å². The van der Waals surface area contributed by atoms with Crippen LogP contribution in [0.3, 0.4) is 0 Å². The molecule has 0 atom stereocenters. The molecule has 0 spiro atoms. The average Bonchev–Trinajstić information content (AvgIpc) is 2.65. The number of unbranched alkanes of at least 4 members (excludes halogenated alkanes) is 10. The molecule has 0 radical (unpaired) electrons. The van der Waals surface area contributed by atoms with E-state index >= 15 is 0 Å². The van der Waals surface area contributed by atoms with Crippen LogP contribution in [-0.4, -0.2) is 13.0 Å². The Balaban J connectivity index is 0.00000392. The number of benzene rings is 2. The summed E-state index contributed by atoms with van der Waals surface area (Å²) in [4.78, 5) is -0.159. The van der Waals surface area contributed by atoms with Crippen molar-refractivity contribution in [1.82, 2.24) is 0 Å². The molecular weight excluding hydrogens is 379 g/mol. The van der Waals surface area contributed by atoms with E-state index in [1.807, 2.05) is 12.1 Å². The summed E-state index contributed by atoms with van der Waals surface area (Å²) in [7, 11) is -4.39. The number of rotatable bonds is 13. The minimum atomic E-state index is -4.39. The fourth-order valence-electron chi connectivity index (χ4n) is 3.58. The van der Waals surface area contributed by atoms with Crippen LogP contribution in [0.2, 0.25) is 0 Å². The molecule has 0 N–H and O–H groups in total. The van der Waals surface area contributed by atoms with Gasteiger partial charge < -0.3 is 4.55 Å². The van der Waals surface area contributed by atoms with Crippen molar-refractivity contribution >= 4 is 20.9 Å². The number of aryl methyl sites for hydroxylation is 1. The summed E-state index contributed by atoms with van der Waals surface area (Å²) >= 11 is 0. The van der Waals surface area contributed by atoms with E-state index in [0.29, 0.717) is 0 Å². The second-order valence-electron chi connectivity index (χ2n) is 7.58. The van der Waals surface area contributed by atoms with E-state index < -0.39 is 10.1 Å². The van der Waals surface area contributed by atoms with Crippen LogP contribution in [0.15, 0.2) is 41.3 Å². The van der Waals surface area contributed by atoms with Crippen LogP contribution in [-0.2, 0) is 16.5 Å². The molecule has 0 unspecified atom stereocenters. The van der Waals surface area contributed by atoms with Gasteiger partial charge in [-0.2, -0.15) is 0 Å². The van der Waals surface area contributed by atoms with Crippen molar-refractivity contribution < 1.29 is 42.5 Å². The Kier molecular flexibility index (Phi) is 12.6. The van der Waals surface area contributed by atoms with E-state index in [1.54, 1.807) is 6.07 Å². The Morgan fingerprint density at radius 1 is 0.714 bits per heavy atom. The van der Waals surface area contributed by atoms with Crippen molar-refractivity contribution in [3.05, 3.63) is 42.0 Å². The van der Waals surface area contributed by atoms with Gasteiger partial charge in [0, 0.05) is 0 Å². The maximum absolute atomic E-state index is 11.1. The van der Waals surface area contributed by atoms with E-state index in [0.717, 1.165) is 17.2 Å². The molecule has 0 heterocycles. The first-order valence-corrected chi connectivity index (χ1v) is 11.9. The minimum absolute atomic E-state index is 0. The van der Waals surface area contributed by atoms with E-state index in [2.05, 4.69) is 13.0 Å². The average molecular weight is 413 g/mol. The number of hydrogen-bond donors (Lipinski definition) is 0. The van der Waals surface area contributed by atoms with Gasteiger partial charge in [0.2, 0.25) is 0 Å². The van der Waals surface area contributed by atoms with Gasteiger partial charge in [-0.15, -0.1) is 0 Å². The van der Waals surface area contributed by atoms with Gasteiger partial charge in [-0.3, -0.25) is 0 Å². The van der Waals surface area contributed by atoms with Gasteiger partial charge in [0.15, 0.2) is 0 Å². The van der Waals surface area contributed by atoms with Crippen molar-refractivity contribution in [2.75, 3.05) is 0 Å². The minimum Gasteiger partial charge on any atom is -0.744 e. The van der Waals surface area contributed by atoms with E-state index in [4.69, 9.17) is 0 Å². The Morgan fingerprint density at radius 3 is 1.79 bits per heavy atom. The molecule has 0 saturated heterocycles. The fraction of sp³-hybridized carbons (Fsp3) is 0.565. The second-order valence-corrected chi connectivity index (χ2v) is 8.96. The Labute approximate surface area is 193 Å². The van der Waals surface area contributed by atoms with Crippen LogP contribution >= 0.6 is 0 Å². The third-order valence-electron chi connectivity index (χ3n) is 5.23. The third-order valence-corrected chi connectivity index (χ3v) is 6.07. The second kappa shape index (κ2) is 13.8. The molecule has 28 heavy (non-hydrogen) atoms. The van der Waals surface area contributed by atoms with Gasteiger partial charge >= 0.3 is 29.6 Å². The smallest absolute Gasteiger partial charge is 0.744 e. The molecule has 0 aliphatic heterocycles. The monoisotopic (exact) mass is 412 g/mol. The molecule has 3 nitrogen and oxygen atoms in total. The summed E-state index contributed by atoms with van der Waals surface area (Å²) in [5.74, 6) is 0. The quantitative estimate of drug-likeness (QED) is 0.287. The standard InChI is InChI=1S/C23H34O3S.Na/c1-2-3-4-5-6-7-8-9-10-11-12-13-20-14-15-22-19-23(27(24,25)26)17-16-21(22)18-20;/h14-19H,2-13H2,1H3,(H,24,25,26);/q;+1/p-1. The fourth-order valence-corrected chi connectivity index (χ4v) is 4.08. The number of hydrogen-bond acceptors (Lipinski definition) is 3. The van der Waals surface area contributed by atoms with Crippen molar-refractivity contribution in [2.45, 2.75) is 88.9 Å². The van der Waals surface area contributed by atoms with Crippen LogP contribution in [0.4, 0.5) is 0 Å². The molecule has 2 aromatic rings. The van der Waals surface area contributed by atoms with E-state index in [9.17, 15) is 13.0 Å². The molecular formula is C23H33NaO3S. The van der Waals surface area contributed by atoms with Crippen molar-refractivity contribution in [3.8, 4) is 0 Å². The van der Waals surface area contributed by atoms with Gasteiger partial charge in [-0.05, 0) is 41.3 Å². The summed E-state index contributed by atoms with van der Waals surface area (Å²) in [5.41, 5.74) is 1.27. The zero-order valence-corrected chi connectivity index (χ0v) is 20.4. The molecule has 0 bridgehead atoms. The number of fused-ring (bicyclic) bond motifs is 1. The molecule has 0 aromatic heterocycles. The Bertz CT molecular complexity index is 803. The van der Waals surface area contributed by atoms with Crippen LogP contribution in [0, 0.1) is 0 Å². The van der Waals surface area contributed by atoms with Gasteiger partial charge in [0.05, 0.1) is 4.90 Å². The maximum Gasteiger partial charge on any atom is 1.00 e. The zero-order valence-electron chi connectivity index (χ0n) is 17.6. The molecule has 0 aliphatic carbocycles. The molecule has 150 valence electrons. The molecule has 0 aliphatic rings. The van der Waals surface area contributed by atoms with Gasteiger partial charge in [-0.25, -0.2) is 8.42 Å². The van der Waals surface area contributed by atoms with Gasteiger partial charge in [0.25, 0.3) is 0 Å². The van der Waals surface area contributed by atoms with Crippen LogP contribution in [0.1, 0.15) is 83.1 Å². The van der Waals surface area contributed by atoms with Crippen LogP contribution in [0.25, 0.3) is 10.8 Å². The molecule has 0 saturated carbocycles. The maximum atomic E-state index is 11.1. The first-order valence-electron chi connectivity index (χ1n) is 10.5. The van der Waals surface area contributed by atoms with E-state index in [-0.39, 0.29) is 34.5 Å².